The van der Waals surface area contributed by atoms with Crippen molar-refractivity contribution in [2.24, 2.45) is 0 Å². The van der Waals surface area contributed by atoms with Gasteiger partial charge < -0.3 is 10.2 Å². The normalized spacial score (nSPS) is 23.0. The van der Waals surface area contributed by atoms with E-state index in [0.29, 0.717) is 12.1 Å². The molecular weight excluding hydrogens is 256 g/mol. The summed E-state index contributed by atoms with van der Waals surface area (Å²) in [5, 5.41) is 4.58. The Kier molecular flexibility index (Phi) is 5.68. The topological polar surface area (TPSA) is 15.3 Å². The number of hydrogen-bond acceptors (Lipinski definition) is 2. The van der Waals surface area contributed by atoms with Gasteiger partial charge in [0.25, 0.3) is 0 Å². The highest BCUT2D eigenvalue weighted by Crippen LogP contribution is 2.20. The number of rotatable bonds is 4. The Labute approximate surface area is 122 Å². The first-order valence-electron chi connectivity index (χ1n) is 7.43. The first kappa shape index (κ1) is 14.8. The zero-order valence-electron chi connectivity index (χ0n) is 12.0. The van der Waals surface area contributed by atoms with Crippen LogP contribution in [0.25, 0.3) is 0 Å². The summed E-state index contributed by atoms with van der Waals surface area (Å²) in [5.74, 6) is 0. The van der Waals surface area contributed by atoms with Crippen LogP contribution < -0.4 is 5.32 Å². The summed E-state index contributed by atoms with van der Waals surface area (Å²) in [6, 6.07) is 9.18. The smallest absolute Gasteiger partial charge is 0.0409 e. The second kappa shape index (κ2) is 7.28. The molecule has 1 saturated heterocycles. The summed E-state index contributed by atoms with van der Waals surface area (Å²) in [6.45, 7) is 8.13. The van der Waals surface area contributed by atoms with Crippen molar-refractivity contribution in [1.29, 1.82) is 0 Å². The van der Waals surface area contributed by atoms with Crippen molar-refractivity contribution < 1.29 is 0 Å². The summed E-state index contributed by atoms with van der Waals surface area (Å²) in [6.07, 6.45) is 3.83. The van der Waals surface area contributed by atoms with Gasteiger partial charge in [-0.25, -0.2) is 0 Å². The van der Waals surface area contributed by atoms with Crippen LogP contribution in [0.15, 0.2) is 24.3 Å². The molecule has 0 saturated carbocycles. The maximum Gasteiger partial charge on any atom is 0.0409 e. The van der Waals surface area contributed by atoms with Crippen molar-refractivity contribution >= 4 is 11.6 Å². The van der Waals surface area contributed by atoms with Crippen LogP contribution in [0.5, 0.6) is 0 Å². The predicted molar refractivity (Wildman–Crippen MR) is 82.8 cm³/mol. The molecular formula is C16H25ClN2. The largest absolute Gasteiger partial charge is 0.307 e. The minimum atomic E-state index is 0.372. The van der Waals surface area contributed by atoms with Crippen molar-refractivity contribution in [3.8, 4) is 0 Å². The second-order valence-electron chi connectivity index (χ2n) is 5.51. The molecule has 1 aliphatic heterocycles. The van der Waals surface area contributed by atoms with Gasteiger partial charge in [-0.15, -0.1) is 0 Å². The van der Waals surface area contributed by atoms with Crippen molar-refractivity contribution in [3.05, 3.63) is 34.9 Å². The summed E-state index contributed by atoms with van der Waals surface area (Å²) in [7, 11) is 0. The van der Waals surface area contributed by atoms with Crippen LogP contribution in [0, 0.1) is 0 Å². The van der Waals surface area contributed by atoms with E-state index in [0.717, 1.165) is 5.02 Å². The van der Waals surface area contributed by atoms with Crippen LogP contribution in [0.4, 0.5) is 0 Å². The number of nitrogens with one attached hydrogen (secondary N) is 1. The molecule has 0 spiro atoms. The molecule has 2 rings (SSSR count). The van der Waals surface area contributed by atoms with Gasteiger partial charge >= 0.3 is 0 Å². The Balaban J connectivity index is 1.90. The van der Waals surface area contributed by atoms with Crippen molar-refractivity contribution in [1.82, 2.24) is 10.2 Å². The third-order valence-corrected chi connectivity index (χ3v) is 4.34. The number of hydrogen-bond donors (Lipinski definition) is 1. The summed E-state index contributed by atoms with van der Waals surface area (Å²) < 4.78 is 0. The quantitative estimate of drug-likeness (QED) is 0.901. The van der Waals surface area contributed by atoms with Gasteiger partial charge in [0.1, 0.15) is 0 Å². The maximum absolute atomic E-state index is 6.06. The lowest BCUT2D eigenvalue weighted by molar-refractivity contribution is 0.295. The Morgan fingerprint density at radius 3 is 2.95 bits per heavy atom. The third-order valence-electron chi connectivity index (χ3n) is 4.10. The summed E-state index contributed by atoms with van der Waals surface area (Å²) >= 11 is 6.06. The fraction of sp³-hybridized carbons (Fsp3) is 0.625. The van der Waals surface area contributed by atoms with Crippen molar-refractivity contribution in [3.63, 3.8) is 0 Å². The molecule has 0 radical (unpaired) electrons. The molecule has 1 aromatic rings. The van der Waals surface area contributed by atoms with Crippen LogP contribution in [0.1, 0.15) is 44.7 Å². The minimum absolute atomic E-state index is 0.372. The van der Waals surface area contributed by atoms with Gasteiger partial charge in [0.15, 0.2) is 0 Å². The lowest BCUT2D eigenvalue weighted by Gasteiger charge is -2.23. The molecule has 2 atom stereocenters. The number of likely N-dealkylation sites (tertiary alicyclic amines) is 1. The van der Waals surface area contributed by atoms with Crippen LogP contribution in [0.2, 0.25) is 5.02 Å². The Bertz CT molecular complexity index is 394. The SMILES string of the molecule is CCN1CCCC(N[C@@H](C)c2cccc(Cl)c2)CC1. The highest BCUT2D eigenvalue weighted by molar-refractivity contribution is 6.30. The molecule has 1 unspecified atom stereocenters. The van der Waals surface area contributed by atoms with E-state index in [9.17, 15) is 0 Å². The van der Waals surface area contributed by atoms with E-state index in [4.69, 9.17) is 11.6 Å². The highest BCUT2D eigenvalue weighted by atomic mass is 35.5. The first-order valence-corrected chi connectivity index (χ1v) is 7.80. The Morgan fingerprint density at radius 1 is 1.37 bits per heavy atom. The molecule has 1 heterocycles. The lowest BCUT2D eigenvalue weighted by Crippen LogP contribution is -2.32. The van der Waals surface area contributed by atoms with Crippen LogP contribution in [-0.4, -0.2) is 30.6 Å². The van der Waals surface area contributed by atoms with Gasteiger partial charge in [-0.1, -0.05) is 30.7 Å². The van der Waals surface area contributed by atoms with Gasteiger partial charge in [-0.05, 0) is 63.5 Å². The zero-order valence-corrected chi connectivity index (χ0v) is 12.8. The van der Waals surface area contributed by atoms with E-state index in [1.165, 1.54) is 44.5 Å². The zero-order chi connectivity index (χ0) is 13.7. The van der Waals surface area contributed by atoms with Gasteiger partial charge in [0.2, 0.25) is 0 Å². The van der Waals surface area contributed by atoms with Gasteiger partial charge in [0, 0.05) is 17.1 Å². The molecule has 0 amide bonds. The molecule has 3 heteroatoms. The standard InChI is InChI=1S/C16H25ClN2/c1-3-19-10-5-8-16(9-11-19)18-13(2)14-6-4-7-15(17)12-14/h4,6-7,12-13,16,18H,3,5,8-11H2,1-2H3/t13-,16?/m0/s1. The van der Waals surface area contributed by atoms with E-state index in [1.807, 2.05) is 12.1 Å². The van der Waals surface area contributed by atoms with E-state index in [2.05, 4.69) is 36.2 Å². The van der Waals surface area contributed by atoms with Crippen molar-refractivity contribution in [2.45, 2.75) is 45.2 Å². The number of nitrogens with zero attached hydrogens (tertiary/aromatic N) is 1. The van der Waals surface area contributed by atoms with Gasteiger partial charge in [0.05, 0.1) is 0 Å². The third kappa shape index (κ3) is 4.48. The molecule has 0 aliphatic carbocycles. The fourth-order valence-electron chi connectivity index (χ4n) is 2.86. The Morgan fingerprint density at radius 2 is 2.21 bits per heavy atom. The minimum Gasteiger partial charge on any atom is -0.307 e. The molecule has 1 aromatic carbocycles. The predicted octanol–water partition coefficient (Wildman–Crippen LogP) is 3.87. The molecule has 106 valence electrons. The van der Waals surface area contributed by atoms with E-state index >= 15 is 0 Å². The highest BCUT2D eigenvalue weighted by Gasteiger charge is 2.18. The first-order chi connectivity index (χ1) is 9.19. The monoisotopic (exact) mass is 280 g/mol. The average Bonchev–Trinajstić information content (AvgIpc) is 2.64. The number of benzene rings is 1. The van der Waals surface area contributed by atoms with E-state index in [1.54, 1.807) is 0 Å². The lowest BCUT2D eigenvalue weighted by atomic mass is 10.0. The Hall–Kier alpha value is -0.570. The molecule has 2 nitrogen and oxygen atoms in total. The molecule has 0 aromatic heterocycles. The van der Waals surface area contributed by atoms with Gasteiger partial charge in [-0.2, -0.15) is 0 Å². The average molecular weight is 281 g/mol. The molecule has 0 bridgehead atoms. The van der Waals surface area contributed by atoms with Gasteiger partial charge in [-0.3, -0.25) is 0 Å². The summed E-state index contributed by atoms with van der Waals surface area (Å²) in [5.41, 5.74) is 1.28. The molecule has 1 fully saturated rings. The number of halogens is 1. The van der Waals surface area contributed by atoms with Crippen LogP contribution in [0.3, 0.4) is 0 Å². The second-order valence-corrected chi connectivity index (χ2v) is 5.94. The molecule has 1 aliphatic rings. The van der Waals surface area contributed by atoms with E-state index in [-0.39, 0.29) is 0 Å². The molecule has 1 N–H and O–H groups in total. The summed E-state index contributed by atoms with van der Waals surface area (Å²) in [4.78, 5) is 2.55. The van der Waals surface area contributed by atoms with Crippen molar-refractivity contribution in [2.75, 3.05) is 19.6 Å². The van der Waals surface area contributed by atoms with E-state index < -0.39 is 0 Å². The van der Waals surface area contributed by atoms with Crippen LogP contribution >= 0.6 is 11.6 Å². The maximum atomic E-state index is 6.06. The molecule has 19 heavy (non-hydrogen) atoms. The van der Waals surface area contributed by atoms with Crippen LogP contribution in [-0.2, 0) is 0 Å². The fourth-order valence-corrected chi connectivity index (χ4v) is 3.06.